The number of carbonyl (C=O) groups excluding carboxylic acids is 2. The van der Waals surface area contributed by atoms with E-state index in [0.717, 1.165) is 23.3 Å². The van der Waals surface area contributed by atoms with Crippen LogP contribution in [0.3, 0.4) is 0 Å². The predicted octanol–water partition coefficient (Wildman–Crippen LogP) is 4.93. The fraction of sp³-hybridized carbons (Fsp3) is 0.300. The highest BCUT2D eigenvalue weighted by Crippen LogP contribution is 2.42. The zero-order valence-electron chi connectivity index (χ0n) is 14.7. The van der Waals surface area contributed by atoms with Crippen LogP contribution in [-0.4, -0.2) is 28.2 Å². The summed E-state index contributed by atoms with van der Waals surface area (Å²) in [6.07, 6.45) is 1.71. The van der Waals surface area contributed by atoms with Gasteiger partial charge in [0, 0.05) is 22.0 Å². The van der Waals surface area contributed by atoms with E-state index in [2.05, 4.69) is 0 Å². The van der Waals surface area contributed by atoms with Crippen LogP contribution in [0.1, 0.15) is 41.8 Å². The summed E-state index contributed by atoms with van der Waals surface area (Å²) in [7, 11) is 0. The first-order valence-corrected chi connectivity index (χ1v) is 9.79. The molecule has 2 heterocycles. The fourth-order valence-electron chi connectivity index (χ4n) is 3.14. The standard InChI is InChI=1S/C20H20ClNO3S/c1-3-4-10-22-16(19-12(2)9-11-26-19)15(18(24)20(22)25)17(23)13-5-7-14(21)8-6-13/h5-9,11,16,23H,3-4,10H2,1-2H3/b17-15-. The van der Waals surface area contributed by atoms with E-state index >= 15 is 0 Å². The van der Waals surface area contributed by atoms with E-state index in [0.29, 0.717) is 17.1 Å². The number of hydrogen-bond acceptors (Lipinski definition) is 4. The molecule has 1 atom stereocenters. The van der Waals surface area contributed by atoms with Crippen LogP contribution >= 0.6 is 22.9 Å². The second-order valence-electron chi connectivity index (χ2n) is 6.32. The molecule has 1 N–H and O–H groups in total. The Morgan fingerprint density at radius 2 is 1.92 bits per heavy atom. The highest BCUT2D eigenvalue weighted by molar-refractivity contribution is 7.10. The minimum absolute atomic E-state index is 0.152. The van der Waals surface area contributed by atoms with Gasteiger partial charge in [0.15, 0.2) is 0 Å². The Hall–Kier alpha value is -2.11. The van der Waals surface area contributed by atoms with Crippen molar-refractivity contribution in [2.24, 2.45) is 0 Å². The van der Waals surface area contributed by atoms with Crippen LogP contribution in [0.15, 0.2) is 41.3 Å². The Bertz CT molecular complexity index is 869. The first-order chi connectivity index (χ1) is 12.5. The zero-order chi connectivity index (χ0) is 18.8. The normalized spacial score (nSPS) is 19.3. The molecule has 1 aliphatic rings. The number of Topliss-reactive ketones (excluding diaryl/α,β-unsaturated/α-hetero) is 1. The number of amides is 1. The summed E-state index contributed by atoms with van der Waals surface area (Å²) in [6, 6.07) is 8.01. The molecule has 0 spiro atoms. The number of aliphatic hydroxyl groups excluding tert-OH is 1. The first-order valence-electron chi connectivity index (χ1n) is 8.54. The molecule has 1 fully saturated rings. The third-order valence-corrected chi connectivity index (χ3v) is 5.88. The van der Waals surface area contributed by atoms with Gasteiger partial charge in [-0.25, -0.2) is 0 Å². The van der Waals surface area contributed by atoms with Gasteiger partial charge in [0.25, 0.3) is 11.7 Å². The van der Waals surface area contributed by atoms with Crippen molar-refractivity contribution in [2.75, 3.05) is 6.54 Å². The van der Waals surface area contributed by atoms with Crippen LogP contribution in [0, 0.1) is 6.92 Å². The molecular weight excluding hydrogens is 370 g/mol. The third kappa shape index (κ3) is 3.29. The highest BCUT2D eigenvalue weighted by atomic mass is 35.5. The van der Waals surface area contributed by atoms with Crippen molar-refractivity contribution >= 4 is 40.4 Å². The number of carbonyl (C=O) groups is 2. The number of ketones is 1. The highest BCUT2D eigenvalue weighted by Gasteiger charge is 2.46. The second-order valence-corrected chi connectivity index (χ2v) is 7.70. The van der Waals surface area contributed by atoms with Gasteiger partial charge in [0.1, 0.15) is 5.76 Å². The van der Waals surface area contributed by atoms with Gasteiger partial charge in [-0.05, 0) is 54.6 Å². The summed E-state index contributed by atoms with van der Waals surface area (Å²) < 4.78 is 0. The van der Waals surface area contributed by atoms with Crippen molar-refractivity contribution in [1.29, 1.82) is 0 Å². The fourth-order valence-corrected chi connectivity index (χ4v) is 4.31. The molecule has 0 saturated carbocycles. The summed E-state index contributed by atoms with van der Waals surface area (Å²) in [5.41, 5.74) is 1.63. The predicted molar refractivity (Wildman–Crippen MR) is 104 cm³/mol. The Labute approximate surface area is 161 Å². The van der Waals surface area contributed by atoms with Gasteiger partial charge in [-0.2, -0.15) is 0 Å². The van der Waals surface area contributed by atoms with Crippen molar-refractivity contribution in [3.05, 3.63) is 62.3 Å². The van der Waals surface area contributed by atoms with E-state index in [4.69, 9.17) is 11.6 Å². The van der Waals surface area contributed by atoms with Gasteiger partial charge < -0.3 is 10.0 Å². The molecule has 1 aromatic carbocycles. The van der Waals surface area contributed by atoms with Gasteiger partial charge in [0.05, 0.1) is 11.6 Å². The van der Waals surface area contributed by atoms with Gasteiger partial charge in [-0.1, -0.05) is 24.9 Å². The van der Waals surface area contributed by atoms with Gasteiger partial charge >= 0.3 is 0 Å². The molecule has 0 bridgehead atoms. The average molecular weight is 390 g/mol. The van der Waals surface area contributed by atoms with Crippen molar-refractivity contribution < 1.29 is 14.7 Å². The van der Waals surface area contributed by atoms with E-state index in [1.54, 1.807) is 29.2 Å². The molecule has 1 saturated heterocycles. The lowest BCUT2D eigenvalue weighted by molar-refractivity contribution is -0.139. The summed E-state index contributed by atoms with van der Waals surface area (Å²) in [5.74, 6) is -1.34. The number of halogens is 1. The van der Waals surface area contributed by atoms with Crippen LogP contribution in [0.25, 0.3) is 5.76 Å². The number of aliphatic hydroxyl groups is 1. The topological polar surface area (TPSA) is 57.6 Å². The molecule has 136 valence electrons. The first kappa shape index (κ1) is 18.7. The summed E-state index contributed by atoms with van der Waals surface area (Å²) in [4.78, 5) is 27.9. The molecule has 1 unspecified atom stereocenters. The van der Waals surface area contributed by atoms with Crippen LogP contribution in [-0.2, 0) is 9.59 Å². The lowest BCUT2D eigenvalue weighted by atomic mass is 9.98. The largest absolute Gasteiger partial charge is 0.507 e. The molecular formula is C20H20ClNO3S. The minimum atomic E-state index is -0.633. The number of thiophene rings is 1. The Balaban J connectivity index is 2.15. The number of nitrogens with zero attached hydrogens (tertiary/aromatic N) is 1. The second kappa shape index (κ2) is 7.64. The van der Waals surface area contributed by atoms with Crippen molar-refractivity contribution in [3.8, 4) is 0 Å². The van der Waals surface area contributed by atoms with Crippen LogP contribution in [0.2, 0.25) is 5.02 Å². The van der Waals surface area contributed by atoms with Crippen LogP contribution in [0.5, 0.6) is 0 Å². The molecule has 0 radical (unpaired) electrons. The number of unbranched alkanes of at least 4 members (excludes halogenated alkanes) is 1. The SMILES string of the molecule is CCCCN1C(=O)C(=O)/C(=C(\O)c2ccc(Cl)cc2)C1c1sccc1C. The third-order valence-electron chi connectivity index (χ3n) is 4.56. The lowest BCUT2D eigenvalue weighted by Crippen LogP contribution is -2.30. The van der Waals surface area contributed by atoms with Crippen LogP contribution < -0.4 is 0 Å². The maximum atomic E-state index is 12.7. The smallest absolute Gasteiger partial charge is 0.295 e. The minimum Gasteiger partial charge on any atom is -0.507 e. The quantitative estimate of drug-likeness (QED) is 0.448. The monoisotopic (exact) mass is 389 g/mol. The summed E-state index contributed by atoms with van der Waals surface area (Å²) in [6.45, 7) is 4.48. The van der Waals surface area contributed by atoms with E-state index in [-0.39, 0.29) is 11.3 Å². The molecule has 4 nitrogen and oxygen atoms in total. The lowest BCUT2D eigenvalue weighted by Gasteiger charge is -2.24. The van der Waals surface area contributed by atoms with Crippen LogP contribution in [0.4, 0.5) is 0 Å². The van der Waals surface area contributed by atoms with Gasteiger partial charge in [0.2, 0.25) is 0 Å². The number of likely N-dealkylation sites (tertiary alicyclic amines) is 1. The Morgan fingerprint density at radius 1 is 1.23 bits per heavy atom. The molecule has 3 rings (SSSR count). The van der Waals surface area contributed by atoms with Crippen molar-refractivity contribution in [2.45, 2.75) is 32.7 Å². The molecule has 0 aliphatic carbocycles. The maximum Gasteiger partial charge on any atom is 0.295 e. The summed E-state index contributed by atoms with van der Waals surface area (Å²) in [5, 5.41) is 13.3. The van der Waals surface area contributed by atoms with Gasteiger partial charge in [-0.3, -0.25) is 9.59 Å². The zero-order valence-corrected chi connectivity index (χ0v) is 16.2. The Morgan fingerprint density at radius 3 is 2.50 bits per heavy atom. The molecule has 26 heavy (non-hydrogen) atoms. The molecule has 6 heteroatoms. The van der Waals surface area contributed by atoms with Crippen molar-refractivity contribution in [3.63, 3.8) is 0 Å². The van der Waals surface area contributed by atoms with E-state index < -0.39 is 17.7 Å². The molecule has 1 aliphatic heterocycles. The van der Waals surface area contributed by atoms with E-state index in [1.807, 2.05) is 25.3 Å². The van der Waals surface area contributed by atoms with E-state index in [9.17, 15) is 14.7 Å². The molecule has 1 aromatic heterocycles. The van der Waals surface area contributed by atoms with Crippen molar-refractivity contribution in [1.82, 2.24) is 4.90 Å². The number of aryl methyl sites for hydroxylation is 1. The number of rotatable bonds is 5. The average Bonchev–Trinajstić information content (AvgIpc) is 3.15. The molecule has 2 aromatic rings. The maximum absolute atomic E-state index is 12.7. The number of hydrogen-bond donors (Lipinski definition) is 1. The van der Waals surface area contributed by atoms with E-state index in [1.165, 1.54) is 11.3 Å². The van der Waals surface area contributed by atoms with Gasteiger partial charge in [-0.15, -0.1) is 11.3 Å². The summed E-state index contributed by atoms with van der Waals surface area (Å²) >= 11 is 7.41. The molecule has 1 amide bonds. The number of benzene rings is 1. The Kier molecular flexibility index (Phi) is 5.49.